The Balaban J connectivity index is 1.21. The Bertz CT molecular complexity index is 1750. The van der Waals surface area contributed by atoms with Gasteiger partial charge in [0.05, 0.1) is 19.1 Å². The molecule has 0 spiro atoms. The molecule has 3 aromatic rings. The fraction of sp³-hybridized carbons (Fsp3) is 0.533. The van der Waals surface area contributed by atoms with Gasteiger partial charge < -0.3 is 33.6 Å². The van der Waals surface area contributed by atoms with Crippen LogP contribution in [0.3, 0.4) is 0 Å². The zero-order valence-electron chi connectivity index (χ0n) is 33.3. The normalized spacial score (nSPS) is 19.5. The average Bonchev–Trinajstić information content (AvgIpc) is 3.97. The third-order valence-electron chi connectivity index (χ3n) is 10.8. The first-order valence-corrected chi connectivity index (χ1v) is 20.1. The van der Waals surface area contributed by atoms with Crippen molar-refractivity contribution in [3.8, 4) is 16.9 Å². The van der Waals surface area contributed by atoms with Crippen LogP contribution < -0.4 is 9.64 Å². The number of piperidine rings is 1. The van der Waals surface area contributed by atoms with Crippen molar-refractivity contribution in [2.75, 3.05) is 64.6 Å². The fourth-order valence-corrected chi connectivity index (χ4v) is 8.03. The highest BCUT2D eigenvalue weighted by Crippen LogP contribution is 2.42. The van der Waals surface area contributed by atoms with E-state index in [0.717, 1.165) is 54.8 Å². The number of para-hydroxylation sites is 1. The van der Waals surface area contributed by atoms with Crippen molar-refractivity contribution >= 4 is 23.7 Å². The van der Waals surface area contributed by atoms with Crippen molar-refractivity contribution in [2.45, 2.75) is 89.7 Å². The van der Waals surface area contributed by atoms with E-state index in [0.29, 0.717) is 58.7 Å². The first-order chi connectivity index (χ1) is 26.5. The van der Waals surface area contributed by atoms with E-state index in [1.54, 1.807) is 18.9 Å². The summed E-state index contributed by atoms with van der Waals surface area (Å²) in [6.07, 6.45) is 4.18. The zero-order chi connectivity index (χ0) is 39.0. The van der Waals surface area contributed by atoms with E-state index in [1.807, 2.05) is 45.0 Å². The second-order valence-electron chi connectivity index (χ2n) is 16.1. The number of ether oxygens (including phenoxy) is 4. The molecule has 1 unspecified atom stereocenters. The molecule has 1 saturated carbocycles. The Morgan fingerprint density at radius 1 is 0.873 bits per heavy atom. The monoisotopic (exact) mass is 753 g/mol. The molecule has 0 N–H and O–H groups in total. The number of rotatable bonds is 16. The number of methoxy groups -OCH3 is 1. The van der Waals surface area contributed by atoms with Gasteiger partial charge in [-0.25, -0.2) is 4.79 Å². The first kappa shape index (κ1) is 40.1. The quantitative estimate of drug-likeness (QED) is 0.107. The topological polar surface area (TPSA) is 97.9 Å². The lowest BCUT2D eigenvalue weighted by atomic mass is 9.78. The highest BCUT2D eigenvalue weighted by Gasteiger charge is 2.45. The molecule has 10 nitrogen and oxygen atoms in total. The summed E-state index contributed by atoms with van der Waals surface area (Å²) in [4.78, 5) is 46.5. The molecular formula is C45H59N3O7. The largest absolute Gasteiger partial charge is 0.494 e. The van der Waals surface area contributed by atoms with E-state index >= 15 is 4.79 Å². The van der Waals surface area contributed by atoms with Crippen LogP contribution in [0.2, 0.25) is 0 Å². The minimum absolute atomic E-state index is 0.0594. The molecule has 2 fully saturated rings. The smallest absolute Gasteiger partial charge is 0.410 e. The highest BCUT2D eigenvalue weighted by molar-refractivity contribution is 5.82. The van der Waals surface area contributed by atoms with Crippen LogP contribution in [0.25, 0.3) is 11.1 Å². The summed E-state index contributed by atoms with van der Waals surface area (Å²) in [6, 6.07) is 25.3. The Kier molecular flexibility index (Phi) is 13.4. The number of hydrogen-bond acceptors (Lipinski definition) is 8. The Hall–Kier alpha value is -4.57. The van der Waals surface area contributed by atoms with E-state index in [1.165, 1.54) is 11.3 Å². The molecule has 6 rings (SSSR count). The maximum atomic E-state index is 15.1. The van der Waals surface area contributed by atoms with Crippen LogP contribution >= 0.6 is 0 Å². The molecule has 2 heterocycles. The van der Waals surface area contributed by atoms with Gasteiger partial charge in [-0.3, -0.25) is 9.59 Å². The molecule has 1 saturated heterocycles. The number of benzene rings is 3. The van der Waals surface area contributed by atoms with Gasteiger partial charge in [0.25, 0.3) is 0 Å². The minimum atomic E-state index is -0.629. The summed E-state index contributed by atoms with van der Waals surface area (Å²) >= 11 is 0. The van der Waals surface area contributed by atoms with E-state index in [4.69, 9.17) is 18.9 Å². The van der Waals surface area contributed by atoms with Gasteiger partial charge >= 0.3 is 12.1 Å². The molecular weight excluding hydrogens is 695 g/mol. The van der Waals surface area contributed by atoms with Crippen molar-refractivity contribution in [1.82, 2.24) is 9.80 Å². The summed E-state index contributed by atoms with van der Waals surface area (Å²) in [6.45, 7) is 12.3. The van der Waals surface area contributed by atoms with Gasteiger partial charge in [0, 0.05) is 70.5 Å². The standard InChI is InChI=1S/C45H59N3O7/c1-6-53-42(49)16-10-27-54-37-21-17-32(18-22-37)33-12-9-13-34(28-33)38-23-25-47(44(51)55-45(2,3)4)31-40(38)43(50)48(36-19-20-36)30-35-29-46(24-11-26-52-5)41-15-8-7-14-39(35)41/h7-9,12-15,17-18,21-22,28,35-36,38,40H,6,10-11,16,19-20,23-27,29-31H2,1-5H3/t35?,38-,40+/m1/s1. The number of carbonyl (C=O) groups is 3. The van der Waals surface area contributed by atoms with Crippen LogP contribution in [-0.2, 0) is 23.8 Å². The minimum Gasteiger partial charge on any atom is -0.494 e. The number of likely N-dealkylation sites (tertiary alicyclic amines) is 1. The molecule has 55 heavy (non-hydrogen) atoms. The maximum absolute atomic E-state index is 15.1. The predicted octanol–water partition coefficient (Wildman–Crippen LogP) is 8.05. The number of carbonyl (C=O) groups excluding carboxylic acids is 3. The van der Waals surface area contributed by atoms with Crippen molar-refractivity contribution in [3.05, 3.63) is 83.9 Å². The molecule has 0 aromatic heterocycles. The second kappa shape index (κ2) is 18.4. The summed E-state index contributed by atoms with van der Waals surface area (Å²) in [5, 5.41) is 0. The van der Waals surface area contributed by atoms with Gasteiger partial charge in [0.2, 0.25) is 5.91 Å². The van der Waals surface area contributed by atoms with Crippen LogP contribution in [0.5, 0.6) is 5.75 Å². The SMILES string of the molecule is CCOC(=O)CCCOc1ccc(-c2cccc([C@H]3CCN(C(=O)OC(C)(C)C)C[C@@H]3C(=O)N(CC3CN(CCCOC)c4ccccc43)C3CC3)c2)cc1. The van der Waals surface area contributed by atoms with Crippen LogP contribution in [-0.4, -0.2) is 99.1 Å². The van der Waals surface area contributed by atoms with E-state index in [9.17, 15) is 9.59 Å². The van der Waals surface area contributed by atoms with Gasteiger partial charge in [0.15, 0.2) is 0 Å². The number of esters is 1. The van der Waals surface area contributed by atoms with Gasteiger partial charge in [-0.2, -0.15) is 0 Å². The second-order valence-corrected chi connectivity index (χ2v) is 16.1. The van der Waals surface area contributed by atoms with Crippen LogP contribution in [0.1, 0.15) is 89.2 Å². The lowest BCUT2D eigenvalue weighted by molar-refractivity contribution is -0.143. The van der Waals surface area contributed by atoms with Crippen LogP contribution in [0, 0.1) is 5.92 Å². The Morgan fingerprint density at radius 3 is 2.38 bits per heavy atom. The summed E-state index contributed by atoms with van der Waals surface area (Å²) in [5.41, 5.74) is 5.13. The first-order valence-electron chi connectivity index (χ1n) is 20.1. The molecule has 3 aromatic carbocycles. The number of fused-ring (bicyclic) bond motifs is 1. The van der Waals surface area contributed by atoms with Crippen molar-refractivity contribution in [2.24, 2.45) is 5.92 Å². The molecule has 0 radical (unpaired) electrons. The lowest BCUT2D eigenvalue weighted by Crippen LogP contribution is -2.51. The van der Waals surface area contributed by atoms with Crippen LogP contribution in [0.4, 0.5) is 10.5 Å². The zero-order valence-corrected chi connectivity index (χ0v) is 33.3. The molecule has 0 bridgehead atoms. The third-order valence-corrected chi connectivity index (χ3v) is 10.8. The average molecular weight is 754 g/mol. The highest BCUT2D eigenvalue weighted by atomic mass is 16.6. The number of hydrogen-bond donors (Lipinski definition) is 0. The van der Waals surface area contributed by atoms with Crippen LogP contribution in [0.15, 0.2) is 72.8 Å². The number of nitrogens with zero attached hydrogens (tertiary/aromatic N) is 3. The number of amides is 2. The summed E-state index contributed by atoms with van der Waals surface area (Å²) < 4.78 is 22.1. The summed E-state index contributed by atoms with van der Waals surface area (Å²) in [5.74, 6) is 0.410. The Morgan fingerprint density at radius 2 is 1.65 bits per heavy atom. The lowest BCUT2D eigenvalue weighted by Gasteiger charge is -2.41. The predicted molar refractivity (Wildman–Crippen MR) is 215 cm³/mol. The molecule has 1 aliphatic carbocycles. The van der Waals surface area contributed by atoms with E-state index in [-0.39, 0.29) is 35.8 Å². The third kappa shape index (κ3) is 10.6. The molecule has 2 amide bonds. The Labute approximate surface area is 327 Å². The van der Waals surface area contributed by atoms with E-state index < -0.39 is 11.5 Å². The summed E-state index contributed by atoms with van der Waals surface area (Å²) in [7, 11) is 1.74. The van der Waals surface area contributed by atoms with Gasteiger partial charge in [-0.05, 0) is 106 Å². The molecule has 3 atom stereocenters. The van der Waals surface area contributed by atoms with Crippen molar-refractivity contribution < 1.29 is 33.3 Å². The van der Waals surface area contributed by atoms with E-state index in [2.05, 4.69) is 58.3 Å². The van der Waals surface area contributed by atoms with Gasteiger partial charge in [0.1, 0.15) is 11.4 Å². The van der Waals surface area contributed by atoms with Crippen molar-refractivity contribution in [3.63, 3.8) is 0 Å². The fourth-order valence-electron chi connectivity index (χ4n) is 8.03. The molecule has 10 heteroatoms. The van der Waals surface area contributed by atoms with Gasteiger partial charge in [-0.15, -0.1) is 0 Å². The van der Waals surface area contributed by atoms with Crippen molar-refractivity contribution in [1.29, 1.82) is 0 Å². The number of anilines is 1. The molecule has 2 aliphatic heterocycles. The maximum Gasteiger partial charge on any atom is 0.410 e. The molecule has 3 aliphatic rings. The van der Waals surface area contributed by atoms with Gasteiger partial charge in [-0.1, -0.05) is 54.6 Å². The molecule has 296 valence electrons.